The molecule has 4 amide bonds. The predicted molar refractivity (Wildman–Crippen MR) is 61.9 cm³/mol. The summed E-state index contributed by atoms with van der Waals surface area (Å²) in [6.07, 6.45) is 0.0537. The number of aliphatic hydroxyl groups is 2. The van der Waals surface area contributed by atoms with Crippen LogP contribution in [0.2, 0.25) is 0 Å². The topological polar surface area (TPSA) is 102 Å². The highest BCUT2D eigenvalue weighted by Gasteiger charge is 2.45. The fraction of sp³-hybridized carbons (Fsp3) is 0.818. The molecule has 8 nitrogen and oxygen atoms in total. The molecule has 0 spiro atoms. The van der Waals surface area contributed by atoms with Crippen LogP contribution in [0.1, 0.15) is 19.3 Å². The van der Waals surface area contributed by atoms with Gasteiger partial charge in [-0.05, 0) is 12.8 Å². The number of hydrogen-bond donors (Lipinski definition) is 3. The van der Waals surface area contributed by atoms with Gasteiger partial charge in [0.1, 0.15) is 19.0 Å². The van der Waals surface area contributed by atoms with Gasteiger partial charge < -0.3 is 19.8 Å². The summed E-state index contributed by atoms with van der Waals surface area (Å²) in [7, 11) is 0. The summed E-state index contributed by atoms with van der Waals surface area (Å²) in [5.41, 5.74) is 0. The van der Waals surface area contributed by atoms with Crippen molar-refractivity contribution in [3.63, 3.8) is 0 Å². The second kappa shape index (κ2) is 4.62. The van der Waals surface area contributed by atoms with Crippen LogP contribution in [0.5, 0.6) is 0 Å². The minimum Gasteiger partial charge on any atom is -0.394 e. The number of amides is 4. The van der Waals surface area contributed by atoms with Crippen molar-refractivity contribution in [2.45, 2.75) is 43.7 Å². The van der Waals surface area contributed by atoms with Crippen molar-refractivity contribution in [1.29, 1.82) is 0 Å². The van der Waals surface area contributed by atoms with E-state index in [1.807, 2.05) is 0 Å². The number of urea groups is 2. The summed E-state index contributed by atoms with van der Waals surface area (Å²) in [5, 5.41) is 21.0. The molecule has 8 heteroatoms. The summed E-state index contributed by atoms with van der Waals surface area (Å²) in [6.45, 7) is -0.122. The molecule has 3 fully saturated rings. The number of imide groups is 1. The Morgan fingerprint density at radius 3 is 2.53 bits per heavy atom. The predicted octanol–water partition coefficient (Wildman–Crippen LogP) is -0.978. The van der Waals surface area contributed by atoms with Crippen LogP contribution in [-0.2, 0) is 4.74 Å². The van der Waals surface area contributed by atoms with Crippen LogP contribution in [-0.4, -0.2) is 69.8 Å². The average Bonchev–Trinajstić information content (AvgIpc) is 3.13. The van der Waals surface area contributed by atoms with Gasteiger partial charge in [-0.1, -0.05) is 0 Å². The monoisotopic (exact) mass is 271 g/mol. The van der Waals surface area contributed by atoms with Crippen molar-refractivity contribution < 1.29 is 24.5 Å². The van der Waals surface area contributed by atoms with Crippen molar-refractivity contribution in [2.75, 3.05) is 13.3 Å². The number of carbonyl (C=O) groups excluding carboxylic acids is 2. The minimum atomic E-state index is -0.796. The number of aliphatic hydroxyl groups excluding tert-OH is 2. The second-order valence-corrected chi connectivity index (χ2v) is 5.16. The van der Waals surface area contributed by atoms with Gasteiger partial charge in [0.2, 0.25) is 0 Å². The SMILES string of the molecule is O=C1NC(=O)N([C@H]2C[C@H](O)[C@@H](CO)O2)CN1C1CC1. The van der Waals surface area contributed by atoms with Gasteiger partial charge in [0.25, 0.3) is 0 Å². The van der Waals surface area contributed by atoms with Crippen LogP contribution in [0.3, 0.4) is 0 Å². The molecule has 0 aromatic carbocycles. The summed E-state index contributed by atoms with van der Waals surface area (Å²) in [6, 6.07) is -0.700. The van der Waals surface area contributed by atoms with Crippen LogP contribution in [0.15, 0.2) is 0 Å². The van der Waals surface area contributed by atoms with Gasteiger partial charge in [-0.15, -0.1) is 0 Å². The quantitative estimate of drug-likeness (QED) is 0.612. The first kappa shape index (κ1) is 12.6. The van der Waals surface area contributed by atoms with E-state index in [1.54, 1.807) is 4.90 Å². The molecule has 19 heavy (non-hydrogen) atoms. The molecule has 0 bridgehead atoms. The molecule has 0 radical (unpaired) electrons. The van der Waals surface area contributed by atoms with Gasteiger partial charge in [0, 0.05) is 12.5 Å². The lowest BCUT2D eigenvalue weighted by molar-refractivity contribution is -0.0754. The molecule has 1 saturated carbocycles. The largest absolute Gasteiger partial charge is 0.394 e. The van der Waals surface area contributed by atoms with E-state index in [9.17, 15) is 14.7 Å². The van der Waals surface area contributed by atoms with Crippen LogP contribution >= 0.6 is 0 Å². The maximum Gasteiger partial charge on any atom is 0.328 e. The van der Waals surface area contributed by atoms with Crippen molar-refractivity contribution in [3.05, 3.63) is 0 Å². The summed E-state index contributed by atoms with van der Waals surface area (Å²) >= 11 is 0. The molecule has 3 rings (SSSR count). The smallest absolute Gasteiger partial charge is 0.328 e. The van der Waals surface area contributed by atoms with E-state index in [4.69, 9.17) is 9.84 Å². The Labute approximate surface area is 109 Å². The zero-order chi connectivity index (χ0) is 13.6. The third-order valence-electron chi connectivity index (χ3n) is 3.76. The van der Waals surface area contributed by atoms with Crippen molar-refractivity contribution >= 4 is 12.1 Å². The van der Waals surface area contributed by atoms with Gasteiger partial charge in [-0.3, -0.25) is 10.2 Å². The van der Waals surface area contributed by atoms with Gasteiger partial charge in [0.05, 0.1) is 12.7 Å². The highest BCUT2D eigenvalue weighted by Crippen LogP contribution is 2.30. The lowest BCUT2D eigenvalue weighted by Gasteiger charge is -2.38. The lowest BCUT2D eigenvalue weighted by Crippen LogP contribution is -2.62. The Kier molecular flexibility index (Phi) is 3.08. The van der Waals surface area contributed by atoms with E-state index < -0.39 is 24.5 Å². The highest BCUT2D eigenvalue weighted by atomic mass is 16.5. The molecule has 0 aromatic rings. The van der Waals surface area contributed by atoms with Crippen molar-refractivity contribution in [3.8, 4) is 0 Å². The standard InChI is InChI=1S/C11H17N3O5/c15-4-8-7(16)3-9(19-8)14-5-13(6-1-2-6)10(17)12-11(14)18/h6-9,15-16H,1-5H2,(H,12,17,18)/t7-,8+,9+/m0/s1. The Morgan fingerprint density at radius 1 is 1.26 bits per heavy atom. The molecule has 2 saturated heterocycles. The molecule has 3 aliphatic rings. The van der Waals surface area contributed by atoms with E-state index in [1.165, 1.54) is 4.90 Å². The van der Waals surface area contributed by atoms with E-state index in [-0.39, 0.29) is 31.8 Å². The molecule has 1 aliphatic carbocycles. The zero-order valence-corrected chi connectivity index (χ0v) is 10.4. The van der Waals surface area contributed by atoms with Gasteiger partial charge in [-0.2, -0.15) is 0 Å². The number of nitrogens with one attached hydrogen (secondary N) is 1. The number of nitrogens with zero attached hydrogens (tertiary/aromatic N) is 2. The van der Waals surface area contributed by atoms with Crippen molar-refractivity contribution in [1.82, 2.24) is 15.1 Å². The van der Waals surface area contributed by atoms with Crippen LogP contribution in [0.25, 0.3) is 0 Å². The Balaban J connectivity index is 1.69. The van der Waals surface area contributed by atoms with Crippen molar-refractivity contribution in [2.24, 2.45) is 0 Å². The lowest BCUT2D eigenvalue weighted by atomic mass is 10.2. The summed E-state index contributed by atoms with van der Waals surface area (Å²) < 4.78 is 5.44. The molecule has 2 aliphatic heterocycles. The fourth-order valence-corrected chi connectivity index (χ4v) is 2.49. The maximum absolute atomic E-state index is 11.8. The van der Waals surface area contributed by atoms with E-state index in [0.29, 0.717) is 0 Å². The molecule has 0 unspecified atom stereocenters. The van der Waals surface area contributed by atoms with Gasteiger partial charge >= 0.3 is 12.1 Å². The number of rotatable bonds is 3. The molecule has 106 valence electrons. The van der Waals surface area contributed by atoms with Crippen LogP contribution < -0.4 is 5.32 Å². The van der Waals surface area contributed by atoms with E-state index in [2.05, 4.69) is 5.32 Å². The summed E-state index contributed by atoms with van der Waals surface area (Å²) in [4.78, 5) is 26.5. The highest BCUT2D eigenvalue weighted by molar-refractivity contribution is 5.95. The van der Waals surface area contributed by atoms with Gasteiger partial charge in [-0.25, -0.2) is 9.59 Å². The Hall–Kier alpha value is -1.38. The molecule has 3 atom stereocenters. The first-order valence-electron chi connectivity index (χ1n) is 6.42. The Morgan fingerprint density at radius 2 is 1.95 bits per heavy atom. The number of ether oxygens (including phenoxy) is 1. The maximum atomic E-state index is 11.8. The van der Waals surface area contributed by atoms with E-state index >= 15 is 0 Å². The molecule has 2 heterocycles. The molecule has 3 N–H and O–H groups in total. The molecular formula is C11H17N3O5. The van der Waals surface area contributed by atoms with Crippen LogP contribution in [0, 0.1) is 0 Å². The zero-order valence-electron chi connectivity index (χ0n) is 10.4. The number of hydrogen-bond acceptors (Lipinski definition) is 5. The number of carbonyl (C=O) groups is 2. The normalized spacial score (nSPS) is 35.8. The summed E-state index contributed by atoms with van der Waals surface area (Å²) in [5.74, 6) is 0. The fourth-order valence-electron chi connectivity index (χ4n) is 2.49. The van der Waals surface area contributed by atoms with E-state index in [0.717, 1.165) is 12.8 Å². The first-order chi connectivity index (χ1) is 9.10. The van der Waals surface area contributed by atoms with Gasteiger partial charge in [0.15, 0.2) is 0 Å². The molecule has 0 aromatic heterocycles. The Bertz CT molecular complexity index is 400. The van der Waals surface area contributed by atoms with Crippen LogP contribution in [0.4, 0.5) is 9.59 Å². The molecular weight excluding hydrogens is 254 g/mol. The third kappa shape index (κ3) is 2.26. The average molecular weight is 271 g/mol. The first-order valence-corrected chi connectivity index (χ1v) is 6.42. The minimum absolute atomic E-state index is 0.171. The third-order valence-corrected chi connectivity index (χ3v) is 3.76. The second-order valence-electron chi connectivity index (χ2n) is 5.16.